The number of pyridine rings is 1. The molecule has 1 atom stereocenters. The van der Waals surface area contributed by atoms with E-state index >= 15 is 0 Å². The molecule has 1 aliphatic heterocycles. The van der Waals surface area contributed by atoms with E-state index in [-0.39, 0.29) is 18.5 Å². The summed E-state index contributed by atoms with van der Waals surface area (Å²) in [6.45, 7) is 1.27. The maximum Gasteiger partial charge on any atom is 0.417 e. The van der Waals surface area contributed by atoms with Crippen LogP contribution in [-0.2, 0) is 17.5 Å². The predicted octanol–water partition coefficient (Wildman–Crippen LogP) is 1.48. The highest BCUT2D eigenvalue weighted by atomic mass is 19.4. The third-order valence-corrected chi connectivity index (χ3v) is 3.96. The Balaban J connectivity index is 1.58. The van der Waals surface area contributed by atoms with Crippen LogP contribution < -0.4 is 10.2 Å². The number of carbonyl (C=O) groups is 1. The van der Waals surface area contributed by atoms with E-state index in [2.05, 4.69) is 20.4 Å². The number of carbonyl (C=O) groups excluding carboxylic acids is 1. The van der Waals surface area contributed by atoms with Gasteiger partial charge in [0, 0.05) is 25.3 Å². The Hall–Kier alpha value is -2.65. The first-order valence-corrected chi connectivity index (χ1v) is 7.82. The van der Waals surface area contributed by atoms with Gasteiger partial charge in [0.15, 0.2) is 0 Å². The van der Waals surface area contributed by atoms with Crippen LogP contribution in [0, 0.1) is 0 Å². The zero-order valence-electron chi connectivity index (χ0n) is 13.3. The summed E-state index contributed by atoms with van der Waals surface area (Å²) in [6, 6.07) is 2.30. The molecule has 134 valence electrons. The van der Waals surface area contributed by atoms with Crippen LogP contribution in [0.5, 0.6) is 0 Å². The van der Waals surface area contributed by atoms with Gasteiger partial charge < -0.3 is 10.2 Å². The van der Waals surface area contributed by atoms with Crippen LogP contribution in [-0.4, -0.2) is 44.8 Å². The smallest absolute Gasteiger partial charge is 0.355 e. The zero-order valence-corrected chi connectivity index (χ0v) is 13.3. The van der Waals surface area contributed by atoms with E-state index in [1.54, 1.807) is 0 Å². The van der Waals surface area contributed by atoms with Gasteiger partial charge in [0.1, 0.15) is 25.0 Å². The first kappa shape index (κ1) is 17.2. The van der Waals surface area contributed by atoms with E-state index in [9.17, 15) is 18.0 Å². The molecule has 0 unspecified atom stereocenters. The van der Waals surface area contributed by atoms with Crippen molar-refractivity contribution in [3.05, 3.63) is 36.5 Å². The highest BCUT2D eigenvalue weighted by Gasteiger charge is 2.31. The van der Waals surface area contributed by atoms with E-state index in [4.69, 9.17) is 0 Å². The van der Waals surface area contributed by atoms with Gasteiger partial charge in [0.2, 0.25) is 5.91 Å². The van der Waals surface area contributed by atoms with Crippen LogP contribution >= 0.6 is 0 Å². The SMILES string of the molecule is O=C(Cn1cncn1)N[C@H]1CCCN(c2ccc(C(F)(F)F)cn2)C1. The number of amides is 1. The number of hydrogen-bond donors (Lipinski definition) is 1. The highest BCUT2D eigenvalue weighted by Crippen LogP contribution is 2.29. The summed E-state index contributed by atoms with van der Waals surface area (Å²) in [5.41, 5.74) is -0.772. The van der Waals surface area contributed by atoms with Crippen LogP contribution in [0.4, 0.5) is 19.0 Å². The number of aromatic nitrogens is 4. The quantitative estimate of drug-likeness (QED) is 0.900. The lowest BCUT2D eigenvalue weighted by Gasteiger charge is -2.34. The van der Waals surface area contributed by atoms with E-state index in [1.807, 2.05) is 4.90 Å². The van der Waals surface area contributed by atoms with E-state index in [1.165, 1.54) is 23.4 Å². The molecule has 0 radical (unpaired) electrons. The monoisotopic (exact) mass is 354 g/mol. The minimum absolute atomic E-state index is 0.0784. The molecule has 7 nitrogen and oxygen atoms in total. The van der Waals surface area contributed by atoms with Gasteiger partial charge in [0.05, 0.1) is 5.56 Å². The van der Waals surface area contributed by atoms with Crippen LogP contribution in [0.15, 0.2) is 31.0 Å². The third-order valence-electron chi connectivity index (χ3n) is 3.96. The molecule has 1 fully saturated rings. The molecule has 0 saturated carbocycles. The minimum Gasteiger partial charge on any atom is -0.355 e. The Kier molecular flexibility index (Phi) is 4.86. The zero-order chi connectivity index (χ0) is 17.9. The Morgan fingerprint density at radius 1 is 1.36 bits per heavy atom. The molecule has 0 aromatic carbocycles. The average Bonchev–Trinajstić information content (AvgIpc) is 3.07. The lowest BCUT2D eigenvalue weighted by molar-refractivity contribution is -0.137. The van der Waals surface area contributed by atoms with Crippen LogP contribution in [0.1, 0.15) is 18.4 Å². The van der Waals surface area contributed by atoms with Gasteiger partial charge in [-0.15, -0.1) is 0 Å². The number of anilines is 1. The lowest BCUT2D eigenvalue weighted by Crippen LogP contribution is -2.48. The lowest BCUT2D eigenvalue weighted by atomic mass is 10.1. The molecule has 0 aliphatic carbocycles. The molecule has 1 N–H and O–H groups in total. The first-order valence-electron chi connectivity index (χ1n) is 7.82. The normalized spacial score (nSPS) is 18.2. The fraction of sp³-hybridized carbons (Fsp3) is 0.467. The Morgan fingerprint density at radius 2 is 2.20 bits per heavy atom. The van der Waals surface area contributed by atoms with Gasteiger partial charge in [-0.1, -0.05) is 0 Å². The molecular weight excluding hydrogens is 337 g/mol. The second-order valence-corrected chi connectivity index (χ2v) is 5.85. The van der Waals surface area contributed by atoms with E-state index in [0.29, 0.717) is 18.9 Å². The Labute approximate surface area is 141 Å². The molecule has 3 rings (SSSR count). The second kappa shape index (κ2) is 7.08. The van der Waals surface area contributed by atoms with Gasteiger partial charge in [-0.2, -0.15) is 18.3 Å². The molecule has 2 aromatic heterocycles. The average molecular weight is 354 g/mol. The Morgan fingerprint density at radius 3 is 2.84 bits per heavy atom. The van der Waals surface area contributed by atoms with Crippen molar-refractivity contribution < 1.29 is 18.0 Å². The minimum atomic E-state index is -4.40. The van der Waals surface area contributed by atoms with Crippen molar-refractivity contribution in [3.8, 4) is 0 Å². The molecular formula is C15H17F3N6O. The number of nitrogens with zero attached hydrogens (tertiary/aromatic N) is 5. The maximum atomic E-state index is 12.6. The number of nitrogens with one attached hydrogen (secondary N) is 1. The van der Waals surface area contributed by atoms with Crippen LogP contribution in [0.2, 0.25) is 0 Å². The van der Waals surface area contributed by atoms with Crippen molar-refractivity contribution in [1.82, 2.24) is 25.1 Å². The standard InChI is InChI=1S/C15H17F3N6O/c16-15(17,18)11-3-4-13(20-6-11)23-5-1-2-12(7-23)22-14(25)8-24-10-19-9-21-24/h3-4,6,9-10,12H,1-2,5,7-8H2,(H,22,25)/t12-/m0/s1. The molecule has 0 spiro atoms. The van der Waals surface area contributed by atoms with Crippen molar-refractivity contribution in [1.29, 1.82) is 0 Å². The van der Waals surface area contributed by atoms with Gasteiger partial charge in [-0.3, -0.25) is 4.79 Å². The van der Waals surface area contributed by atoms with Gasteiger partial charge in [0.25, 0.3) is 0 Å². The van der Waals surface area contributed by atoms with Crippen molar-refractivity contribution in [2.24, 2.45) is 0 Å². The number of halogens is 3. The van der Waals surface area contributed by atoms with Gasteiger partial charge in [-0.25, -0.2) is 14.6 Å². The molecule has 1 saturated heterocycles. The largest absolute Gasteiger partial charge is 0.417 e. The van der Waals surface area contributed by atoms with Gasteiger partial charge >= 0.3 is 6.18 Å². The summed E-state index contributed by atoms with van der Waals surface area (Å²) in [4.78, 5) is 21.6. The van der Waals surface area contributed by atoms with Gasteiger partial charge in [-0.05, 0) is 25.0 Å². The topological polar surface area (TPSA) is 75.9 Å². The number of piperidine rings is 1. The first-order chi connectivity index (χ1) is 11.9. The molecule has 25 heavy (non-hydrogen) atoms. The molecule has 1 amide bonds. The number of hydrogen-bond acceptors (Lipinski definition) is 5. The molecule has 3 heterocycles. The summed E-state index contributed by atoms with van der Waals surface area (Å²) in [5.74, 6) is 0.293. The van der Waals surface area contributed by atoms with E-state index < -0.39 is 11.7 Å². The van der Waals surface area contributed by atoms with Crippen molar-refractivity contribution in [3.63, 3.8) is 0 Å². The summed E-state index contributed by atoms with van der Waals surface area (Å²) in [7, 11) is 0. The van der Waals surface area contributed by atoms with E-state index in [0.717, 1.165) is 25.1 Å². The van der Waals surface area contributed by atoms with Crippen LogP contribution in [0.25, 0.3) is 0 Å². The fourth-order valence-corrected chi connectivity index (χ4v) is 2.78. The molecule has 1 aliphatic rings. The summed E-state index contributed by atoms with van der Waals surface area (Å²) < 4.78 is 39.3. The van der Waals surface area contributed by atoms with Crippen molar-refractivity contribution in [2.45, 2.75) is 31.6 Å². The molecule has 0 bridgehead atoms. The third kappa shape index (κ3) is 4.46. The number of alkyl halides is 3. The molecule has 2 aromatic rings. The van der Waals surface area contributed by atoms with Crippen molar-refractivity contribution >= 4 is 11.7 Å². The summed E-state index contributed by atoms with van der Waals surface area (Å²) >= 11 is 0. The van der Waals surface area contributed by atoms with Crippen LogP contribution in [0.3, 0.4) is 0 Å². The Bertz CT molecular complexity index is 701. The predicted molar refractivity (Wildman–Crippen MR) is 82.6 cm³/mol. The number of rotatable bonds is 4. The summed E-state index contributed by atoms with van der Waals surface area (Å²) in [6.07, 6.45) is 0.871. The second-order valence-electron chi connectivity index (χ2n) is 5.85. The fourth-order valence-electron chi connectivity index (χ4n) is 2.78. The summed E-state index contributed by atoms with van der Waals surface area (Å²) in [5, 5.41) is 6.79. The molecule has 10 heteroatoms. The highest BCUT2D eigenvalue weighted by molar-refractivity contribution is 5.76. The van der Waals surface area contributed by atoms with Crippen molar-refractivity contribution in [2.75, 3.05) is 18.0 Å². The maximum absolute atomic E-state index is 12.6.